The summed E-state index contributed by atoms with van der Waals surface area (Å²) in [6, 6.07) is 1.96. The van der Waals surface area contributed by atoms with Crippen LogP contribution in [-0.4, -0.2) is 21.9 Å². The van der Waals surface area contributed by atoms with E-state index in [2.05, 4.69) is 10.1 Å². The molecule has 0 radical (unpaired) electrons. The first-order valence-corrected chi connectivity index (χ1v) is 4.77. The van der Waals surface area contributed by atoms with Crippen molar-refractivity contribution in [3.8, 4) is 11.1 Å². The zero-order chi connectivity index (χ0) is 10.7. The average molecular weight is 204 g/mol. The molecule has 0 saturated heterocycles. The highest BCUT2D eigenvalue weighted by Crippen LogP contribution is 2.22. The second-order valence-electron chi connectivity index (χ2n) is 3.38. The van der Waals surface area contributed by atoms with E-state index in [1.54, 1.807) is 18.7 Å². The van der Waals surface area contributed by atoms with Crippen LogP contribution in [0, 0.1) is 6.92 Å². The Morgan fingerprint density at radius 1 is 1.40 bits per heavy atom. The summed E-state index contributed by atoms with van der Waals surface area (Å²) in [6.07, 6.45) is 5.64. The molecule has 0 aliphatic heterocycles. The van der Waals surface area contributed by atoms with E-state index < -0.39 is 0 Å². The maximum absolute atomic E-state index is 8.84. The van der Waals surface area contributed by atoms with Crippen LogP contribution < -0.4 is 0 Å². The SMILES string of the molecule is Cc1cnc(CCO)cc1-c1cnoc1. The highest BCUT2D eigenvalue weighted by atomic mass is 16.5. The Bertz CT molecular complexity index is 438. The molecule has 0 unspecified atom stereocenters. The van der Waals surface area contributed by atoms with Crippen LogP contribution in [0.2, 0.25) is 0 Å². The van der Waals surface area contributed by atoms with Crippen LogP contribution in [0.3, 0.4) is 0 Å². The van der Waals surface area contributed by atoms with Gasteiger partial charge in [0.25, 0.3) is 0 Å². The third kappa shape index (κ3) is 2.05. The van der Waals surface area contributed by atoms with E-state index in [0.717, 1.165) is 22.4 Å². The van der Waals surface area contributed by atoms with E-state index >= 15 is 0 Å². The molecule has 0 aliphatic rings. The van der Waals surface area contributed by atoms with Gasteiger partial charge in [-0.2, -0.15) is 0 Å². The Kier molecular flexibility index (Phi) is 2.78. The first-order valence-electron chi connectivity index (χ1n) is 4.77. The number of hydrogen-bond acceptors (Lipinski definition) is 4. The highest BCUT2D eigenvalue weighted by Gasteiger charge is 2.06. The molecule has 2 heterocycles. The van der Waals surface area contributed by atoms with Crippen molar-refractivity contribution in [1.29, 1.82) is 0 Å². The van der Waals surface area contributed by atoms with Crippen LogP contribution in [0.5, 0.6) is 0 Å². The van der Waals surface area contributed by atoms with Crippen molar-refractivity contribution in [1.82, 2.24) is 10.1 Å². The molecule has 0 bridgehead atoms. The van der Waals surface area contributed by atoms with Crippen molar-refractivity contribution < 1.29 is 9.63 Å². The number of aliphatic hydroxyl groups excluding tert-OH is 1. The third-order valence-electron chi connectivity index (χ3n) is 2.27. The van der Waals surface area contributed by atoms with Gasteiger partial charge in [0.05, 0.1) is 6.20 Å². The third-order valence-corrected chi connectivity index (χ3v) is 2.27. The lowest BCUT2D eigenvalue weighted by Crippen LogP contribution is -1.96. The summed E-state index contributed by atoms with van der Waals surface area (Å²) in [5.74, 6) is 0. The number of aromatic nitrogens is 2. The fourth-order valence-corrected chi connectivity index (χ4v) is 1.47. The summed E-state index contributed by atoms with van der Waals surface area (Å²) in [7, 11) is 0. The molecule has 0 atom stereocenters. The zero-order valence-electron chi connectivity index (χ0n) is 8.47. The topological polar surface area (TPSA) is 59.2 Å². The van der Waals surface area contributed by atoms with Gasteiger partial charge in [-0.15, -0.1) is 0 Å². The van der Waals surface area contributed by atoms with E-state index in [1.165, 1.54) is 0 Å². The Hall–Kier alpha value is -1.68. The number of hydrogen-bond donors (Lipinski definition) is 1. The Morgan fingerprint density at radius 2 is 2.27 bits per heavy atom. The van der Waals surface area contributed by atoms with E-state index in [-0.39, 0.29) is 6.61 Å². The van der Waals surface area contributed by atoms with Gasteiger partial charge in [-0.3, -0.25) is 4.98 Å². The summed E-state index contributed by atoms with van der Waals surface area (Å²) in [5, 5.41) is 12.5. The van der Waals surface area contributed by atoms with E-state index in [9.17, 15) is 0 Å². The van der Waals surface area contributed by atoms with Gasteiger partial charge in [-0.1, -0.05) is 5.16 Å². The smallest absolute Gasteiger partial charge is 0.131 e. The second kappa shape index (κ2) is 4.23. The highest BCUT2D eigenvalue weighted by molar-refractivity contribution is 5.65. The molecule has 78 valence electrons. The summed E-state index contributed by atoms with van der Waals surface area (Å²) in [6.45, 7) is 2.09. The predicted molar refractivity (Wildman–Crippen MR) is 55.3 cm³/mol. The number of aryl methyl sites for hydroxylation is 1. The first-order chi connectivity index (χ1) is 7.31. The summed E-state index contributed by atoms with van der Waals surface area (Å²) < 4.78 is 4.80. The minimum absolute atomic E-state index is 0.110. The number of aliphatic hydroxyl groups is 1. The predicted octanol–water partition coefficient (Wildman–Crippen LogP) is 1.58. The van der Waals surface area contributed by atoms with Gasteiger partial charge in [0.1, 0.15) is 6.26 Å². The molecule has 4 heteroatoms. The monoisotopic (exact) mass is 204 g/mol. The van der Waals surface area contributed by atoms with Crippen molar-refractivity contribution in [3.05, 3.63) is 36.0 Å². The standard InChI is InChI=1S/C11H12N2O2/c1-8-5-12-10(2-3-14)4-11(8)9-6-13-15-7-9/h4-7,14H,2-3H2,1H3. The number of pyridine rings is 1. The van der Waals surface area contributed by atoms with E-state index in [1.807, 2.05) is 13.0 Å². The quantitative estimate of drug-likeness (QED) is 0.824. The van der Waals surface area contributed by atoms with Gasteiger partial charge < -0.3 is 9.63 Å². The maximum Gasteiger partial charge on any atom is 0.131 e. The van der Waals surface area contributed by atoms with Gasteiger partial charge in [-0.25, -0.2) is 0 Å². The molecule has 2 rings (SSSR count). The Labute approximate surface area is 87.6 Å². The van der Waals surface area contributed by atoms with E-state index in [4.69, 9.17) is 9.63 Å². The molecule has 0 fully saturated rings. The number of nitrogens with zero attached hydrogens (tertiary/aromatic N) is 2. The van der Waals surface area contributed by atoms with Crippen LogP contribution in [0.1, 0.15) is 11.3 Å². The zero-order valence-corrected chi connectivity index (χ0v) is 8.47. The molecule has 0 aromatic carbocycles. The van der Waals surface area contributed by atoms with Crippen LogP contribution in [-0.2, 0) is 6.42 Å². The van der Waals surface area contributed by atoms with Gasteiger partial charge in [0, 0.05) is 30.5 Å². The van der Waals surface area contributed by atoms with Crippen molar-refractivity contribution in [2.45, 2.75) is 13.3 Å². The van der Waals surface area contributed by atoms with Crippen molar-refractivity contribution in [3.63, 3.8) is 0 Å². The second-order valence-corrected chi connectivity index (χ2v) is 3.38. The maximum atomic E-state index is 8.84. The summed E-state index contributed by atoms with van der Waals surface area (Å²) in [5.41, 5.74) is 3.93. The Balaban J connectivity index is 2.41. The number of rotatable bonds is 3. The molecule has 2 aromatic rings. The van der Waals surface area contributed by atoms with Crippen molar-refractivity contribution in [2.24, 2.45) is 0 Å². The minimum Gasteiger partial charge on any atom is -0.396 e. The van der Waals surface area contributed by atoms with Crippen LogP contribution in [0.15, 0.2) is 29.2 Å². The summed E-state index contributed by atoms with van der Waals surface area (Å²) in [4.78, 5) is 4.23. The van der Waals surface area contributed by atoms with Gasteiger partial charge in [0.2, 0.25) is 0 Å². The van der Waals surface area contributed by atoms with Crippen molar-refractivity contribution >= 4 is 0 Å². The average Bonchev–Trinajstić information content (AvgIpc) is 2.74. The van der Waals surface area contributed by atoms with Crippen molar-refractivity contribution in [2.75, 3.05) is 6.61 Å². The molecule has 4 nitrogen and oxygen atoms in total. The van der Waals surface area contributed by atoms with Gasteiger partial charge in [-0.05, 0) is 24.1 Å². The molecule has 1 N–H and O–H groups in total. The largest absolute Gasteiger partial charge is 0.396 e. The molecule has 0 aliphatic carbocycles. The molecule has 15 heavy (non-hydrogen) atoms. The molecule has 0 spiro atoms. The van der Waals surface area contributed by atoms with Crippen LogP contribution in [0.4, 0.5) is 0 Å². The van der Waals surface area contributed by atoms with Gasteiger partial charge in [0.15, 0.2) is 0 Å². The lowest BCUT2D eigenvalue weighted by molar-refractivity contribution is 0.298. The van der Waals surface area contributed by atoms with E-state index in [0.29, 0.717) is 6.42 Å². The molecule has 0 saturated carbocycles. The molecule has 0 amide bonds. The fourth-order valence-electron chi connectivity index (χ4n) is 1.47. The molecular formula is C11H12N2O2. The van der Waals surface area contributed by atoms with Crippen LogP contribution >= 0.6 is 0 Å². The first kappa shape index (κ1) is 9.86. The minimum atomic E-state index is 0.110. The van der Waals surface area contributed by atoms with Crippen LogP contribution in [0.25, 0.3) is 11.1 Å². The van der Waals surface area contributed by atoms with Gasteiger partial charge >= 0.3 is 0 Å². The normalized spacial score (nSPS) is 10.5. The lowest BCUT2D eigenvalue weighted by Gasteiger charge is -2.04. The molecular weight excluding hydrogens is 192 g/mol. The Morgan fingerprint density at radius 3 is 2.93 bits per heavy atom. The fraction of sp³-hybridized carbons (Fsp3) is 0.273. The molecule has 2 aromatic heterocycles. The summed E-state index contributed by atoms with van der Waals surface area (Å²) >= 11 is 0. The lowest BCUT2D eigenvalue weighted by atomic mass is 10.0.